The Bertz CT molecular complexity index is 583. The second kappa shape index (κ2) is 7.49. The fraction of sp³-hybridized carbons (Fsp3) is 0.647. The van der Waals surface area contributed by atoms with Crippen LogP contribution in [0.4, 0.5) is 0 Å². The van der Waals surface area contributed by atoms with Crippen LogP contribution < -0.4 is 0 Å². The topological polar surface area (TPSA) is 41.4 Å². The third kappa shape index (κ3) is 4.15. The molecule has 1 saturated heterocycles. The van der Waals surface area contributed by atoms with Gasteiger partial charge in [-0.2, -0.15) is 0 Å². The van der Waals surface area contributed by atoms with Gasteiger partial charge in [-0.05, 0) is 25.2 Å². The Morgan fingerprint density at radius 1 is 1.35 bits per heavy atom. The zero-order valence-corrected chi connectivity index (χ0v) is 14.5. The summed E-state index contributed by atoms with van der Waals surface area (Å²) in [4.78, 5) is 21.2. The molecule has 3 rings (SSSR count). The molecule has 1 aromatic rings. The number of rotatable bonds is 4. The number of halogens is 1. The second-order valence-electron chi connectivity index (χ2n) is 6.54. The van der Waals surface area contributed by atoms with E-state index in [1.54, 1.807) is 6.20 Å². The number of nitrogens with zero attached hydrogens (tertiary/aromatic N) is 4. The zero-order chi connectivity index (χ0) is 16.2. The molecule has 1 amide bonds. The highest BCUT2D eigenvalue weighted by Gasteiger charge is 2.22. The lowest BCUT2D eigenvalue weighted by Crippen LogP contribution is -2.35. The predicted octanol–water partition coefficient (Wildman–Crippen LogP) is 2.46. The molecule has 1 aliphatic heterocycles. The highest BCUT2D eigenvalue weighted by atomic mass is 35.5. The molecule has 0 radical (unpaired) electrons. The fourth-order valence-corrected chi connectivity index (χ4v) is 3.51. The van der Waals surface area contributed by atoms with Gasteiger partial charge in [0.1, 0.15) is 11.0 Å². The first-order chi connectivity index (χ1) is 11.1. The molecule has 1 unspecified atom stereocenters. The first-order valence-corrected chi connectivity index (χ1v) is 8.84. The van der Waals surface area contributed by atoms with Crippen LogP contribution in [-0.4, -0.2) is 51.4 Å². The van der Waals surface area contributed by atoms with Crippen LogP contribution in [0.3, 0.4) is 0 Å². The molecule has 0 aromatic carbocycles. The van der Waals surface area contributed by atoms with Gasteiger partial charge in [-0.3, -0.25) is 9.69 Å². The van der Waals surface area contributed by atoms with Crippen molar-refractivity contribution < 1.29 is 4.79 Å². The monoisotopic (exact) mass is 336 g/mol. The molecule has 0 N–H and O–H groups in total. The number of hydrogen-bond donors (Lipinski definition) is 0. The summed E-state index contributed by atoms with van der Waals surface area (Å²) in [5.74, 6) is 1.74. The van der Waals surface area contributed by atoms with E-state index >= 15 is 0 Å². The highest BCUT2D eigenvalue weighted by molar-refractivity contribution is 6.29. The molecule has 2 heterocycles. The van der Waals surface area contributed by atoms with Crippen LogP contribution >= 0.6 is 11.6 Å². The van der Waals surface area contributed by atoms with Crippen LogP contribution in [0.15, 0.2) is 18.3 Å². The fourth-order valence-electron chi connectivity index (χ4n) is 3.37. The van der Waals surface area contributed by atoms with Crippen molar-refractivity contribution in [1.82, 2.24) is 19.4 Å². The first kappa shape index (κ1) is 16.5. The number of imidazole rings is 1. The van der Waals surface area contributed by atoms with Gasteiger partial charge in [-0.1, -0.05) is 23.8 Å². The summed E-state index contributed by atoms with van der Waals surface area (Å²) in [6, 6.07) is 0. The van der Waals surface area contributed by atoms with Crippen molar-refractivity contribution >= 4 is 17.5 Å². The Morgan fingerprint density at radius 3 is 2.91 bits per heavy atom. The Morgan fingerprint density at radius 2 is 2.22 bits per heavy atom. The maximum atomic E-state index is 12.5. The smallest absolute Gasteiger partial charge is 0.223 e. The maximum Gasteiger partial charge on any atom is 0.223 e. The standard InChI is InChI=1S/C17H25ClN4O/c1-20-15(18)12-19-16(20)13-21-7-4-8-22(10-9-21)17(23)11-14-5-2-3-6-14/h2,5,12,14H,3-4,6-11,13H2,1H3. The molecule has 6 heteroatoms. The van der Waals surface area contributed by atoms with Gasteiger partial charge >= 0.3 is 0 Å². The minimum Gasteiger partial charge on any atom is -0.341 e. The van der Waals surface area contributed by atoms with Crippen molar-refractivity contribution in [3.8, 4) is 0 Å². The van der Waals surface area contributed by atoms with E-state index in [2.05, 4.69) is 22.0 Å². The van der Waals surface area contributed by atoms with E-state index in [1.165, 1.54) is 0 Å². The SMILES string of the molecule is Cn1c(Cl)cnc1CN1CCCN(C(=O)CC2C=CCC2)CC1. The zero-order valence-electron chi connectivity index (χ0n) is 13.7. The molecule has 0 saturated carbocycles. The molecule has 0 spiro atoms. The van der Waals surface area contributed by atoms with Gasteiger partial charge in [0.05, 0.1) is 12.7 Å². The molecule has 23 heavy (non-hydrogen) atoms. The van der Waals surface area contributed by atoms with E-state index in [0.29, 0.717) is 23.4 Å². The molecular weight excluding hydrogens is 312 g/mol. The van der Waals surface area contributed by atoms with E-state index in [0.717, 1.165) is 57.8 Å². The average Bonchev–Trinajstić information content (AvgIpc) is 3.07. The van der Waals surface area contributed by atoms with Crippen molar-refractivity contribution in [3.05, 3.63) is 29.3 Å². The van der Waals surface area contributed by atoms with Gasteiger partial charge < -0.3 is 9.47 Å². The third-order valence-corrected chi connectivity index (χ3v) is 5.23. The van der Waals surface area contributed by atoms with Crippen molar-refractivity contribution in [1.29, 1.82) is 0 Å². The first-order valence-electron chi connectivity index (χ1n) is 8.46. The van der Waals surface area contributed by atoms with Crippen LogP contribution in [0.1, 0.15) is 31.5 Å². The van der Waals surface area contributed by atoms with Crippen molar-refractivity contribution in [2.45, 2.75) is 32.2 Å². The number of amides is 1. The summed E-state index contributed by atoms with van der Waals surface area (Å²) in [7, 11) is 1.94. The Balaban J connectivity index is 1.51. The molecule has 2 aliphatic rings. The number of hydrogen-bond acceptors (Lipinski definition) is 3. The Hall–Kier alpha value is -1.33. The Labute approximate surface area is 142 Å². The second-order valence-corrected chi connectivity index (χ2v) is 6.92. The average molecular weight is 337 g/mol. The van der Waals surface area contributed by atoms with Gasteiger partial charge in [0, 0.05) is 39.6 Å². The van der Waals surface area contributed by atoms with Crippen molar-refractivity contribution in [2.24, 2.45) is 13.0 Å². The molecule has 1 atom stereocenters. The van der Waals surface area contributed by atoms with Crippen LogP contribution in [0.25, 0.3) is 0 Å². The summed E-state index contributed by atoms with van der Waals surface area (Å²) < 4.78 is 1.92. The lowest BCUT2D eigenvalue weighted by atomic mass is 10.0. The number of carbonyl (C=O) groups is 1. The molecule has 126 valence electrons. The van der Waals surface area contributed by atoms with E-state index in [1.807, 2.05) is 16.5 Å². The van der Waals surface area contributed by atoms with Gasteiger partial charge in [0.25, 0.3) is 0 Å². The summed E-state index contributed by atoms with van der Waals surface area (Å²) in [5, 5.41) is 0.663. The lowest BCUT2D eigenvalue weighted by molar-refractivity contribution is -0.131. The number of carbonyl (C=O) groups excluding carboxylic acids is 1. The normalized spacial score (nSPS) is 22.5. The van der Waals surface area contributed by atoms with Crippen molar-refractivity contribution in [2.75, 3.05) is 26.2 Å². The third-order valence-electron chi connectivity index (χ3n) is 4.88. The lowest BCUT2D eigenvalue weighted by Gasteiger charge is -2.23. The molecule has 0 bridgehead atoms. The van der Waals surface area contributed by atoms with E-state index < -0.39 is 0 Å². The van der Waals surface area contributed by atoms with Gasteiger partial charge in [-0.25, -0.2) is 4.98 Å². The van der Waals surface area contributed by atoms with Gasteiger partial charge in [-0.15, -0.1) is 0 Å². The highest BCUT2D eigenvalue weighted by Crippen LogP contribution is 2.21. The van der Waals surface area contributed by atoms with Gasteiger partial charge in [0.2, 0.25) is 5.91 Å². The minimum atomic E-state index is 0.309. The summed E-state index contributed by atoms with van der Waals surface area (Å²) >= 11 is 6.05. The van der Waals surface area contributed by atoms with Crippen LogP contribution in [0.5, 0.6) is 0 Å². The van der Waals surface area contributed by atoms with Gasteiger partial charge in [0.15, 0.2) is 0 Å². The molecule has 1 fully saturated rings. The molecule has 1 aliphatic carbocycles. The summed E-state index contributed by atoms with van der Waals surface area (Å²) in [6.45, 7) is 4.37. The minimum absolute atomic E-state index is 0.309. The van der Waals surface area contributed by atoms with Crippen LogP contribution in [0, 0.1) is 5.92 Å². The molecule has 1 aromatic heterocycles. The molecule has 5 nitrogen and oxygen atoms in total. The van der Waals surface area contributed by atoms with E-state index in [-0.39, 0.29) is 0 Å². The quantitative estimate of drug-likeness (QED) is 0.793. The van der Waals surface area contributed by atoms with Crippen LogP contribution in [0.2, 0.25) is 5.15 Å². The van der Waals surface area contributed by atoms with E-state index in [4.69, 9.17) is 11.6 Å². The Kier molecular flexibility index (Phi) is 5.38. The predicted molar refractivity (Wildman–Crippen MR) is 91.2 cm³/mol. The van der Waals surface area contributed by atoms with Crippen LogP contribution in [-0.2, 0) is 18.4 Å². The summed E-state index contributed by atoms with van der Waals surface area (Å²) in [6.07, 6.45) is 10.0. The molecular formula is C17H25ClN4O. The largest absolute Gasteiger partial charge is 0.341 e. The number of aromatic nitrogens is 2. The number of allylic oxidation sites excluding steroid dienone is 2. The maximum absolute atomic E-state index is 12.5. The van der Waals surface area contributed by atoms with Crippen molar-refractivity contribution in [3.63, 3.8) is 0 Å². The summed E-state index contributed by atoms with van der Waals surface area (Å²) in [5.41, 5.74) is 0. The van der Waals surface area contributed by atoms with E-state index in [9.17, 15) is 4.79 Å².